The smallest absolute Gasteiger partial charge is 0.253 e. The molecule has 0 aliphatic carbocycles. The maximum atomic E-state index is 13.8. The molecule has 0 saturated carbocycles. The molecular formula is C23H23F2N3O2. The lowest BCUT2D eigenvalue weighted by Crippen LogP contribution is -2.41. The molecule has 156 valence electrons. The second kappa shape index (κ2) is 8.26. The van der Waals surface area contributed by atoms with Crippen molar-refractivity contribution in [2.75, 3.05) is 13.1 Å². The summed E-state index contributed by atoms with van der Waals surface area (Å²) in [4.78, 5) is 14.6. The van der Waals surface area contributed by atoms with E-state index in [1.165, 1.54) is 12.1 Å². The Bertz CT molecular complexity index is 1050. The minimum absolute atomic E-state index is 0.0404. The summed E-state index contributed by atoms with van der Waals surface area (Å²) in [6, 6.07) is 12.7. The molecule has 0 radical (unpaired) electrons. The third-order valence-corrected chi connectivity index (χ3v) is 5.29. The number of nitrogens with zero attached hydrogens (tertiary/aromatic N) is 3. The fourth-order valence-corrected chi connectivity index (χ4v) is 3.75. The maximum absolute atomic E-state index is 13.8. The number of rotatable bonds is 4. The van der Waals surface area contributed by atoms with Gasteiger partial charge in [-0.15, -0.1) is 0 Å². The van der Waals surface area contributed by atoms with E-state index in [4.69, 9.17) is 4.74 Å². The molecule has 1 aliphatic heterocycles. The molecular weight excluding hydrogens is 388 g/mol. The van der Waals surface area contributed by atoms with Crippen molar-refractivity contribution in [1.82, 2.24) is 14.7 Å². The van der Waals surface area contributed by atoms with Gasteiger partial charge in [-0.2, -0.15) is 5.10 Å². The first-order valence-corrected chi connectivity index (χ1v) is 9.95. The lowest BCUT2D eigenvalue weighted by molar-refractivity contribution is 0.0588. The minimum Gasteiger partial charge on any atom is -0.487 e. The van der Waals surface area contributed by atoms with E-state index in [1.54, 1.807) is 4.90 Å². The van der Waals surface area contributed by atoms with Crippen molar-refractivity contribution in [2.45, 2.75) is 32.8 Å². The number of amides is 1. The number of benzene rings is 2. The average Bonchev–Trinajstić information content (AvgIpc) is 3.08. The Morgan fingerprint density at radius 1 is 1.03 bits per heavy atom. The van der Waals surface area contributed by atoms with Crippen molar-refractivity contribution >= 4 is 5.91 Å². The summed E-state index contributed by atoms with van der Waals surface area (Å²) >= 11 is 0. The van der Waals surface area contributed by atoms with Gasteiger partial charge in [0.25, 0.3) is 5.91 Å². The summed E-state index contributed by atoms with van der Waals surface area (Å²) in [5, 5.41) is 4.46. The van der Waals surface area contributed by atoms with Crippen molar-refractivity contribution in [2.24, 2.45) is 0 Å². The van der Waals surface area contributed by atoms with Crippen molar-refractivity contribution in [3.63, 3.8) is 0 Å². The molecule has 0 N–H and O–H groups in total. The third kappa shape index (κ3) is 4.20. The summed E-state index contributed by atoms with van der Waals surface area (Å²) in [7, 11) is 0. The van der Waals surface area contributed by atoms with Gasteiger partial charge >= 0.3 is 0 Å². The van der Waals surface area contributed by atoms with Gasteiger partial charge in [-0.3, -0.25) is 4.79 Å². The molecule has 4 rings (SSSR count). The molecule has 1 aromatic heterocycles. The van der Waals surface area contributed by atoms with Crippen LogP contribution in [0.1, 0.15) is 34.6 Å². The second-order valence-corrected chi connectivity index (χ2v) is 7.57. The van der Waals surface area contributed by atoms with Crippen LogP contribution in [-0.2, 0) is 0 Å². The first-order valence-electron chi connectivity index (χ1n) is 9.95. The highest BCUT2D eigenvalue weighted by Gasteiger charge is 2.25. The number of aryl methyl sites for hydroxylation is 2. The van der Waals surface area contributed by atoms with Crippen molar-refractivity contribution in [1.29, 1.82) is 0 Å². The summed E-state index contributed by atoms with van der Waals surface area (Å²) in [6.07, 6.45) is 0.973. The average molecular weight is 411 g/mol. The second-order valence-electron chi connectivity index (χ2n) is 7.57. The van der Waals surface area contributed by atoms with E-state index in [0.29, 0.717) is 31.5 Å². The van der Waals surface area contributed by atoms with Crippen molar-refractivity contribution in [3.05, 3.63) is 77.1 Å². The molecule has 0 spiro atoms. The van der Waals surface area contributed by atoms with E-state index in [0.717, 1.165) is 23.1 Å². The molecule has 30 heavy (non-hydrogen) atoms. The number of carbonyl (C=O) groups is 1. The maximum Gasteiger partial charge on any atom is 0.253 e. The fourth-order valence-electron chi connectivity index (χ4n) is 3.75. The zero-order chi connectivity index (χ0) is 21.3. The Balaban J connectivity index is 1.36. The fraction of sp³-hybridized carbons (Fsp3) is 0.304. The Morgan fingerprint density at radius 2 is 1.73 bits per heavy atom. The lowest BCUT2D eigenvalue weighted by Gasteiger charge is -2.32. The molecule has 1 amide bonds. The Hall–Kier alpha value is -3.22. The minimum atomic E-state index is -0.712. The zero-order valence-electron chi connectivity index (χ0n) is 16.9. The highest BCUT2D eigenvalue weighted by molar-refractivity contribution is 5.94. The first-order chi connectivity index (χ1) is 14.4. The molecule has 0 atom stereocenters. The summed E-state index contributed by atoms with van der Waals surface area (Å²) in [6.45, 7) is 4.97. The number of hydrogen-bond acceptors (Lipinski definition) is 3. The molecule has 0 bridgehead atoms. The molecule has 0 unspecified atom stereocenters. The van der Waals surface area contributed by atoms with Crippen molar-refractivity contribution < 1.29 is 18.3 Å². The van der Waals surface area contributed by atoms with Gasteiger partial charge in [0.05, 0.1) is 11.4 Å². The highest BCUT2D eigenvalue weighted by Crippen LogP contribution is 2.24. The number of aromatic nitrogens is 2. The quantitative estimate of drug-likeness (QED) is 0.637. The summed E-state index contributed by atoms with van der Waals surface area (Å²) < 4.78 is 34.3. The number of hydrogen-bond donors (Lipinski definition) is 0. The predicted molar refractivity (Wildman–Crippen MR) is 109 cm³/mol. The van der Waals surface area contributed by atoms with Gasteiger partial charge in [0, 0.05) is 43.3 Å². The number of carbonyl (C=O) groups excluding carboxylic acids is 1. The van der Waals surface area contributed by atoms with Crippen LogP contribution in [0.4, 0.5) is 8.78 Å². The van der Waals surface area contributed by atoms with Gasteiger partial charge in [-0.1, -0.05) is 0 Å². The first kappa shape index (κ1) is 20.1. The van der Waals surface area contributed by atoms with E-state index in [-0.39, 0.29) is 17.8 Å². The molecule has 1 fully saturated rings. The number of ether oxygens (including phenoxy) is 1. The SMILES string of the molecule is Cc1cc(C)n(-c2ccc(C(=O)N3CCC(Oc4ccc(F)cc4F)CC3)cc2)n1. The molecule has 2 heterocycles. The summed E-state index contributed by atoms with van der Waals surface area (Å²) in [5.41, 5.74) is 3.50. The van der Waals surface area contributed by atoms with E-state index >= 15 is 0 Å². The summed E-state index contributed by atoms with van der Waals surface area (Å²) in [5.74, 6) is -1.34. The van der Waals surface area contributed by atoms with Crippen LogP contribution in [0.5, 0.6) is 5.75 Å². The van der Waals surface area contributed by atoms with Crippen LogP contribution < -0.4 is 4.74 Å². The van der Waals surface area contributed by atoms with Crippen LogP contribution in [0.15, 0.2) is 48.5 Å². The Labute approximate surface area is 173 Å². The van der Waals surface area contributed by atoms with E-state index in [1.807, 2.05) is 48.9 Å². The Kier molecular flexibility index (Phi) is 5.53. The zero-order valence-corrected chi connectivity index (χ0v) is 16.9. The standard InChI is InChI=1S/C23H23F2N3O2/c1-15-13-16(2)28(26-15)19-6-3-17(4-7-19)23(29)27-11-9-20(10-12-27)30-22-8-5-18(24)14-21(22)25/h3-8,13-14,20H,9-12H2,1-2H3. The van der Waals surface area contributed by atoms with Crippen LogP contribution in [0, 0.1) is 25.5 Å². The van der Waals surface area contributed by atoms with Gasteiger partial charge < -0.3 is 9.64 Å². The van der Waals surface area contributed by atoms with Crippen LogP contribution >= 0.6 is 0 Å². The van der Waals surface area contributed by atoms with Crippen LogP contribution in [-0.4, -0.2) is 39.8 Å². The van der Waals surface area contributed by atoms with E-state index in [9.17, 15) is 13.6 Å². The number of likely N-dealkylation sites (tertiary alicyclic amines) is 1. The third-order valence-electron chi connectivity index (χ3n) is 5.29. The van der Waals surface area contributed by atoms with E-state index in [2.05, 4.69) is 5.10 Å². The highest BCUT2D eigenvalue weighted by atomic mass is 19.1. The monoisotopic (exact) mass is 411 g/mol. The topological polar surface area (TPSA) is 47.4 Å². The van der Waals surface area contributed by atoms with Crippen LogP contribution in [0.25, 0.3) is 5.69 Å². The number of piperidine rings is 1. The van der Waals surface area contributed by atoms with Crippen molar-refractivity contribution in [3.8, 4) is 11.4 Å². The van der Waals surface area contributed by atoms with Crippen LogP contribution in [0.2, 0.25) is 0 Å². The molecule has 3 aromatic rings. The molecule has 1 saturated heterocycles. The normalized spacial score (nSPS) is 14.7. The predicted octanol–water partition coefficient (Wildman–Crippen LogP) is 4.45. The van der Waals surface area contributed by atoms with Gasteiger partial charge in [0.2, 0.25) is 0 Å². The van der Waals surface area contributed by atoms with Gasteiger partial charge in [-0.05, 0) is 56.3 Å². The number of halogens is 2. The molecule has 2 aromatic carbocycles. The van der Waals surface area contributed by atoms with Gasteiger partial charge in [0.15, 0.2) is 11.6 Å². The largest absolute Gasteiger partial charge is 0.487 e. The lowest BCUT2D eigenvalue weighted by atomic mass is 10.1. The molecule has 7 heteroatoms. The van der Waals surface area contributed by atoms with Gasteiger partial charge in [-0.25, -0.2) is 13.5 Å². The van der Waals surface area contributed by atoms with Crippen LogP contribution in [0.3, 0.4) is 0 Å². The van der Waals surface area contributed by atoms with Gasteiger partial charge in [0.1, 0.15) is 11.9 Å². The molecule has 5 nitrogen and oxygen atoms in total. The Morgan fingerprint density at radius 3 is 2.33 bits per heavy atom. The van der Waals surface area contributed by atoms with E-state index < -0.39 is 11.6 Å². The molecule has 1 aliphatic rings.